The van der Waals surface area contributed by atoms with Gasteiger partial charge >= 0.3 is 0 Å². The molecule has 2 fully saturated rings. The molecule has 2 aliphatic rings. The van der Waals surface area contributed by atoms with Crippen molar-refractivity contribution >= 4 is 11.5 Å². The predicted molar refractivity (Wildman–Crippen MR) is 98.5 cm³/mol. The number of rotatable bonds is 6. The summed E-state index contributed by atoms with van der Waals surface area (Å²) in [6.07, 6.45) is 6.83. The first-order chi connectivity index (χ1) is 12.7. The van der Waals surface area contributed by atoms with Gasteiger partial charge in [0.25, 0.3) is 5.56 Å². The summed E-state index contributed by atoms with van der Waals surface area (Å²) >= 11 is 0. The normalized spacial score (nSPS) is 20.2. The van der Waals surface area contributed by atoms with Crippen molar-refractivity contribution in [1.82, 2.24) is 19.7 Å². The second kappa shape index (κ2) is 7.41. The summed E-state index contributed by atoms with van der Waals surface area (Å²) in [6.45, 7) is 2.97. The number of hydrogen-bond acceptors (Lipinski definition) is 7. The average Bonchev–Trinajstić information content (AvgIpc) is 3.50. The molecule has 1 saturated heterocycles. The highest BCUT2D eigenvalue weighted by atomic mass is 16.5. The van der Waals surface area contributed by atoms with E-state index in [0.717, 1.165) is 43.3 Å². The summed E-state index contributed by atoms with van der Waals surface area (Å²) in [5, 5.41) is 7.47. The van der Waals surface area contributed by atoms with E-state index in [2.05, 4.69) is 31.3 Å². The van der Waals surface area contributed by atoms with Gasteiger partial charge in [-0.15, -0.1) is 0 Å². The van der Waals surface area contributed by atoms with Crippen LogP contribution in [-0.2, 0) is 11.8 Å². The van der Waals surface area contributed by atoms with E-state index in [4.69, 9.17) is 4.74 Å². The van der Waals surface area contributed by atoms with Crippen molar-refractivity contribution in [3.63, 3.8) is 0 Å². The van der Waals surface area contributed by atoms with Gasteiger partial charge < -0.3 is 15.0 Å². The molecule has 1 aliphatic heterocycles. The van der Waals surface area contributed by atoms with E-state index in [1.165, 1.54) is 17.5 Å². The monoisotopic (exact) mass is 356 g/mol. The van der Waals surface area contributed by atoms with Crippen LogP contribution < -0.4 is 15.8 Å². The smallest absolute Gasteiger partial charge is 0.268 e. The van der Waals surface area contributed by atoms with Crippen molar-refractivity contribution in [3.8, 4) is 0 Å². The van der Waals surface area contributed by atoms with Gasteiger partial charge in [0.15, 0.2) is 0 Å². The molecule has 0 bridgehead atoms. The zero-order chi connectivity index (χ0) is 17.9. The number of aromatic nitrogens is 4. The van der Waals surface area contributed by atoms with Crippen LogP contribution in [0.15, 0.2) is 29.5 Å². The average molecular weight is 356 g/mol. The van der Waals surface area contributed by atoms with Crippen LogP contribution in [0.1, 0.15) is 30.9 Å². The Balaban J connectivity index is 1.30. The number of nitrogens with zero attached hydrogens (tertiary/aromatic N) is 5. The van der Waals surface area contributed by atoms with E-state index in [1.807, 2.05) is 0 Å². The number of ether oxygens (including phenoxy) is 1. The summed E-state index contributed by atoms with van der Waals surface area (Å²) in [4.78, 5) is 22.6. The Morgan fingerprint density at radius 3 is 3.00 bits per heavy atom. The molecule has 1 N–H and O–H groups in total. The molecule has 26 heavy (non-hydrogen) atoms. The Labute approximate surface area is 152 Å². The summed E-state index contributed by atoms with van der Waals surface area (Å²) in [5.41, 5.74) is 1.91. The third kappa shape index (κ3) is 4.01. The lowest BCUT2D eigenvalue weighted by Crippen LogP contribution is -2.43. The van der Waals surface area contributed by atoms with E-state index >= 15 is 0 Å². The molecule has 2 aromatic rings. The maximum absolute atomic E-state index is 11.8. The number of anilines is 2. The topological polar surface area (TPSA) is 85.2 Å². The molecule has 1 aliphatic carbocycles. The highest BCUT2D eigenvalue weighted by molar-refractivity contribution is 5.43. The van der Waals surface area contributed by atoms with Gasteiger partial charge in [-0.25, -0.2) is 14.6 Å². The molecule has 1 atom stereocenters. The van der Waals surface area contributed by atoms with Crippen molar-refractivity contribution in [2.45, 2.75) is 31.3 Å². The van der Waals surface area contributed by atoms with E-state index in [9.17, 15) is 4.79 Å². The molecule has 0 spiro atoms. The largest absolute Gasteiger partial charge is 0.374 e. The van der Waals surface area contributed by atoms with E-state index < -0.39 is 0 Å². The molecule has 2 aromatic heterocycles. The van der Waals surface area contributed by atoms with Crippen molar-refractivity contribution in [1.29, 1.82) is 0 Å². The molecule has 138 valence electrons. The molecular weight excluding hydrogens is 332 g/mol. The van der Waals surface area contributed by atoms with Gasteiger partial charge in [-0.1, -0.05) is 0 Å². The van der Waals surface area contributed by atoms with E-state index in [-0.39, 0.29) is 11.7 Å². The van der Waals surface area contributed by atoms with Crippen LogP contribution in [0.3, 0.4) is 0 Å². The standard InChI is InChI=1S/C18H24N6O2/c1-23-18(25)8-14(10-22-23)24-6-7-26-15(11-24)4-5-19-17-9-16(13-2-3-13)20-12-21-17/h8-10,12-13,15H,2-7,11H2,1H3,(H,19,20,21). The number of aryl methyl sites for hydroxylation is 1. The minimum absolute atomic E-state index is 0.0950. The lowest BCUT2D eigenvalue weighted by atomic mass is 10.2. The van der Waals surface area contributed by atoms with Crippen LogP contribution in [0.25, 0.3) is 0 Å². The van der Waals surface area contributed by atoms with Crippen LogP contribution in [-0.4, -0.2) is 52.1 Å². The second-order valence-electron chi connectivity index (χ2n) is 6.93. The Kier molecular flexibility index (Phi) is 4.83. The third-order valence-corrected chi connectivity index (χ3v) is 4.91. The van der Waals surface area contributed by atoms with Gasteiger partial charge in [-0.3, -0.25) is 4.79 Å². The number of hydrogen-bond donors (Lipinski definition) is 1. The van der Waals surface area contributed by atoms with E-state index in [0.29, 0.717) is 12.5 Å². The highest BCUT2D eigenvalue weighted by Gasteiger charge is 2.25. The molecule has 0 radical (unpaired) electrons. The maximum atomic E-state index is 11.8. The molecule has 0 amide bonds. The molecule has 1 unspecified atom stereocenters. The summed E-state index contributed by atoms with van der Waals surface area (Å²) in [6, 6.07) is 3.69. The lowest BCUT2D eigenvalue weighted by molar-refractivity contribution is 0.0374. The predicted octanol–water partition coefficient (Wildman–Crippen LogP) is 1.16. The molecule has 0 aromatic carbocycles. The number of nitrogens with one attached hydrogen (secondary N) is 1. The lowest BCUT2D eigenvalue weighted by Gasteiger charge is -2.34. The minimum Gasteiger partial charge on any atom is -0.374 e. The zero-order valence-electron chi connectivity index (χ0n) is 15.0. The van der Waals surface area contributed by atoms with Crippen LogP contribution in [0.2, 0.25) is 0 Å². The van der Waals surface area contributed by atoms with Crippen LogP contribution >= 0.6 is 0 Å². The Bertz CT molecular complexity index is 819. The van der Waals surface area contributed by atoms with Crippen molar-refractivity contribution in [2.75, 3.05) is 36.5 Å². The van der Waals surface area contributed by atoms with Crippen molar-refractivity contribution < 1.29 is 4.74 Å². The Hall–Kier alpha value is -2.48. The second-order valence-corrected chi connectivity index (χ2v) is 6.93. The molecule has 4 rings (SSSR count). The first-order valence-corrected chi connectivity index (χ1v) is 9.15. The molecule has 3 heterocycles. The maximum Gasteiger partial charge on any atom is 0.268 e. The molecular formula is C18H24N6O2. The summed E-state index contributed by atoms with van der Waals surface area (Å²) in [7, 11) is 1.65. The van der Waals surface area contributed by atoms with Crippen LogP contribution in [0.4, 0.5) is 11.5 Å². The van der Waals surface area contributed by atoms with Gasteiger partial charge in [0.05, 0.1) is 24.6 Å². The van der Waals surface area contributed by atoms with Crippen LogP contribution in [0, 0.1) is 0 Å². The molecule has 1 saturated carbocycles. The minimum atomic E-state index is -0.0950. The Morgan fingerprint density at radius 2 is 2.19 bits per heavy atom. The van der Waals surface area contributed by atoms with Crippen molar-refractivity contribution in [3.05, 3.63) is 40.7 Å². The highest BCUT2D eigenvalue weighted by Crippen LogP contribution is 2.39. The van der Waals surface area contributed by atoms with Gasteiger partial charge in [-0.2, -0.15) is 5.10 Å². The van der Waals surface area contributed by atoms with Gasteiger partial charge in [-0.05, 0) is 19.3 Å². The Morgan fingerprint density at radius 1 is 1.31 bits per heavy atom. The number of morpholine rings is 1. The molecule has 8 nitrogen and oxygen atoms in total. The first kappa shape index (κ1) is 17.0. The van der Waals surface area contributed by atoms with Crippen LogP contribution in [0.5, 0.6) is 0 Å². The van der Waals surface area contributed by atoms with Crippen molar-refractivity contribution in [2.24, 2.45) is 7.05 Å². The van der Waals surface area contributed by atoms with Gasteiger partial charge in [0.1, 0.15) is 12.1 Å². The fourth-order valence-electron chi connectivity index (χ4n) is 3.19. The molecule has 8 heteroatoms. The fraction of sp³-hybridized carbons (Fsp3) is 0.556. The SMILES string of the molecule is Cn1ncc(N2CCOC(CCNc3cc(C4CC4)ncn3)C2)cc1=O. The fourth-order valence-corrected chi connectivity index (χ4v) is 3.19. The van der Waals surface area contributed by atoms with Gasteiger partial charge in [0, 0.05) is 50.4 Å². The van der Waals surface area contributed by atoms with E-state index in [1.54, 1.807) is 25.6 Å². The first-order valence-electron chi connectivity index (χ1n) is 9.15. The zero-order valence-corrected chi connectivity index (χ0v) is 15.0. The third-order valence-electron chi connectivity index (χ3n) is 4.91. The quantitative estimate of drug-likeness (QED) is 0.831. The summed E-state index contributed by atoms with van der Waals surface area (Å²) in [5.74, 6) is 1.51. The van der Waals surface area contributed by atoms with Gasteiger partial charge in [0.2, 0.25) is 0 Å². The summed E-state index contributed by atoms with van der Waals surface area (Å²) < 4.78 is 7.21.